The van der Waals surface area contributed by atoms with Gasteiger partial charge < -0.3 is 20.1 Å². The molecule has 1 aliphatic rings. The lowest BCUT2D eigenvalue weighted by Crippen LogP contribution is -2.36. The van der Waals surface area contributed by atoms with Crippen molar-refractivity contribution in [1.29, 1.82) is 0 Å². The number of nitrogens with one attached hydrogen (secondary N) is 2. The van der Waals surface area contributed by atoms with Crippen LogP contribution < -0.4 is 20.1 Å². The Labute approximate surface area is 119 Å². The zero-order chi connectivity index (χ0) is 14.4. The zero-order valence-electron chi connectivity index (χ0n) is 12.1. The van der Waals surface area contributed by atoms with Crippen LogP contribution in [0.1, 0.15) is 24.8 Å². The molecule has 1 saturated heterocycles. The molecule has 0 saturated carbocycles. The molecule has 2 N–H and O–H groups in total. The Morgan fingerprint density at radius 2 is 2.25 bits per heavy atom. The Morgan fingerprint density at radius 3 is 3.00 bits per heavy atom. The Morgan fingerprint density at radius 1 is 1.40 bits per heavy atom. The molecular weight excluding hydrogens is 256 g/mol. The smallest absolute Gasteiger partial charge is 0.261 e. The van der Waals surface area contributed by atoms with Crippen molar-refractivity contribution in [2.75, 3.05) is 20.7 Å². The minimum Gasteiger partial charge on any atom is -0.497 e. The highest BCUT2D eigenvalue weighted by Gasteiger charge is 2.23. The molecule has 0 aromatic heterocycles. The third-order valence-corrected chi connectivity index (χ3v) is 3.40. The predicted molar refractivity (Wildman–Crippen MR) is 77.0 cm³/mol. The number of carbonyl (C=O) groups excluding carboxylic acids is 1. The van der Waals surface area contributed by atoms with Crippen molar-refractivity contribution >= 4 is 5.91 Å². The second-order valence-corrected chi connectivity index (χ2v) is 4.90. The fourth-order valence-electron chi connectivity index (χ4n) is 2.28. The van der Waals surface area contributed by atoms with Gasteiger partial charge in [-0.05, 0) is 32.4 Å². The van der Waals surface area contributed by atoms with E-state index in [1.54, 1.807) is 7.11 Å². The summed E-state index contributed by atoms with van der Waals surface area (Å²) in [5.74, 6) is 1.41. The first-order chi connectivity index (χ1) is 9.74. The van der Waals surface area contributed by atoms with E-state index < -0.39 is 6.10 Å². The van der Waals surface area contributed by atoms with E-state index in [1.807, 2.05) is 25.2 Å². The molecule has 0 aliphatic carbocycles. The van der Waals surface area contributed by atoms with Crippen LogP contribution in [0.2, 0.25) is 0 Å². The molecule has 1 aromatic rings. The van der Waals surface area contributed by atoms with Crippen molar-refractivity contribution in [3.8, 4) is 11.5 Å². The number of carbonyl (C=O) groups is 1. The SMILES string of the molecule is CNCc1ccc(OC)cc1OC1CCCCNC1=O. The fourth-order valence-corrected chi connectivity index (χ4v) is 2.28. The average Bonchev–Trinajstić information content (AvgIpc) is 2.66. The number of rotatable bonds is 5. The van der Waals surface area contributed by atoms with Gasteiger partial charge in [0.15, 0.2) is 6.10 Å². The summed E-state index contributed by atoms with van der Waals surface area (Å²) in [6, 6.07) is 5.69. The van der Waals surface area contributed by atoms with Crippen molar-refractivity contribution in [3.63, 3.8) is 0 Å². The van der Waals surface area contributed by atoms with Gasteiger partial charge in [-0.2, -0.15) is 0 Å². The first-order valence-electron chi connectivity index (χ1n) is 7.00. The fraction of sp³-hybridized carbons (Fsp3) is 0.533. The minimum absolute atomic E-state index is 0.0271. The maximum absolute atomic E-state index is 12.0. The summed E-state index contributed by atoms with van der Waals surface area (Å²) in [5.41, 5.74) is 1.02. The molecule has 1 aliphatic heterocycles. The van der Waals surface area contributed by atoms with Crippen LogP contribution in [0.15, 0.2) is 18.2 Å². The van der Waals surface area contributed by atoms with Gasteiger partial charge in [0, 0.05) is 24.7 Å². The number of hydrogen-bond acceptors (Lipinski definition) is 4. The summed E-state index contributed by atoms with van der Waals surface area (Å²) in [6.07, 6.45) is 2.34. The van der Waals surface area contributed by atoms with Gasteiger partial charge in [-0.25, -0.2) is 0 Å². The maximum Gasteiger partial charge on any atom is 0.261 e. The number of ether oxygens (including phenoxy) is 2. The van der Waals surface area contributed by atoms with E-state index in [1.165, 1.54) is 0 Å². The van der Waals surface area contributed by atoms with Gasteiger partial charge in [-0.15, -0.1) is 0 Å². The van der Waals surface area contributed by atoms with E-state index in [9.17, 15) is 4.79 Å². The standard InChI is InChI=1S/C15H22N2O3/c1-16-10-11-6-7-12(19-2)9-14(11)20-13-5-3-4-8-17-15(13)18/h6-7,9,13,16H,3-5,8,10H2,1-2H3,(H,17,18). The van der Waals surface area contributed by atoms with Gasteiger partial charge in [0.25, 0.3) is 5.91 Å². The monoisotopic (exact) mass is 278 g/mol. The normalized spacial score (nSPS) is 19.1. The van der Waals surface area contributed by atoms with Crippen LogP contribution in [0.25, 0.3) is 0 Å². The molecule has 2 rings (SSSR count). The second kappa shape index (κ2) is 7.14. The summed E-state index contributed by atoms with van der Waals surface area (Å²) in [6.45, 7) is 1.42. The van der Waals surface area contributed by atoms with Gasteiger partial charge in [0.1, 0.15) is 11.5 Å². The minimum atomic E-state index is -0.416. The lowest BCUT2D eigenvalue weighted by Gasteiger charge is -2.19. The van der Waals surface area contributed by atoms with Gasteiger partial charge in [0.05, 0.1) is 7.11 Å². The third kappa shape index (κ3) is 3.63. The third-order valence-electron chi connectivity index (χ3n) is 3.40. The van der Waals surface area contributed by atoms with Crippen LogP contribution in [-0.4, -0.2) is 32.7 Å². The molecular formula is C15H22N2O3. The van der Waals surface area contributed by atoms with E-state index in [-0.39, 0.29) is 5.91 Å². The van der Waals surface area contributed by atoms with Crippen LogP contribution in [0.4, 0.5) is 0 Å². The van der Waals surface area contributed by atoms with Crippen molar-refractivity contribution in [3.05, 3.63) is 23.8 Å². The molecule has 110 valence electrons. The number of methoxy groups -OCH3 is 1. The van der Waals surface area contributed by atoms with Crippen molar-refractivity contribution in [2.45, 2.75) is 31.9 Å². The quantitative estimate of drug-likeness (QED) is 0.856. The molecule has 20 heavy (non-hydrogen) atoms. The van der Waals surface area contributed by atoms with E-state index >= 15 is 0 Å². The largest absolute Gasteiger partial charge is 0.497 e. The number of amides is 1. The van der Waals surface area contributed by atoms with Crippen LogP contribution in [0.3, 0.4) is 0 Å². The Kier molecular flexibility index (Phi) is 5.24. The van der Waals surface area contributed by atoms with E-state index in [4.69, 9.17) is 9.47 Å². The Hall–Kier alpha value is -1.75. The first-order valence-corrected chi connectivity index (χ1v) is 7.00. The molecule has 0 radical (unpaired) electrons. The first kappa shape index (κ1) is 14.7. The highest BCUT2D eigenvalue weighted by molar-refractivity contribution is 5.81. The van der Waals surface area contributed by atoms with Crippen LogP contribution >= 0.6 is 0 Å². The molecule has 1 aromatic carbocycles. The van der Waals surface area contributed by atoms with Crippen molar-refractivity contribution < 1.29 is 14.3 Å². The zero-order valence-corrected chi connectivity index (χ0v) is 12.1. The second-order valence-electron chi connectivity index (χ2n) is 4.90. The van der Waals surface area contributed by atoms with Gasteiger partial charge >= 0.3 is 0 Å². The van der Waals surface area contributed by atoms with E-state index in [0.717, 1.165) is 37.1 Å². The van der Waals surface area contributed by atoms with E-state index in [0.29, 0.717) is 12.3 Å². The summed E-state index contributed by atoms with van der Waals surface area (Å²) in [4.78, 5) is 12.0. The summed E-state index contributed by atoms with van der Waals surface area (Å²) < 4.78 is 11.2. The highest BCUT2D eigenvalue weighted by Crippen LogP contribution is 2.27. The number of benzene rings is 1. The van der Waals surface area contributed by atoms with Gasteiger partial charge in [-0.3, -0.25) is 4.79 Å². The molecule has 0 bridgehead atoms. The molecule has 0 spiro atoms. The molecule has 1 heterocycles. The van der Waals surface area contributed by atoms with Crippen molar-refractivity contribution in [2.24, 2.45) is 0 Å². The van der Waals surface area contributed by atoms with Crippen LogP contribution in [-0.2, 0) is 11.3 Å². The molecule has 5 heteroatoms. The molecule has 1 fully saturated rings. The lowest BCUT2D eigenvalue weighted by atomic mass is 10.1. The van der Waals surface area contributed by atoms with Crippen LogP contribution in [0, 0.1) is 0 Å². The number of hydrogen-bond donors (Lipinski definition) is 2. The highest BCUT2D eigenvalue weighted by atomic mass is 16.5. The van der Waals surface area contributed by atoms with Crippen LogP contribution in [0.5, 0.6) is 11.5 Å². The molecule has 1 amide bonds. The predicted octanol–water partition coefficient (Wildman–Crippen LogP) is 1.46. The average molecular weight is 278 g/mol. The molecule has 5 nitrogen and oxygen atoms in total. The summed E-state index contributed by atoms with van der Waals surface area (Å²) >= 11 is 0. The van der Waals surface area contributed by atoms with E-state index in [2.05, 4.69) is 10.6 Å². The molecule has 1 unspecified atom stereocenters. The van der Waals surface area contributed by atoms with Gasteiger partial charge in [0.2, 0.25) is 0 Å². The Balaban J connectivity index is 2.18. The van der Waals surface area contributed by atoms with Crippen molar-refractivity contribution in [1.82, 2.24) is 10.6 Å². The topological polar surface area (TPSA) is 59.6 Å². The van der Waals surface area contributed by atoms with Gasteiger partial charge in [-0.1, -0.05) is 6.07 Å². The summed E-state index contributed by atoms with van der Waals surface area (Å²) in [7, 11) is 3.50. The lowest BCUT2D eigenvalue weighted by molar-refractivity contribution is -0.127. The Bertz CT molecular complexity index is 462. The summed E-state index contributed by atoms with van der Waals surface area (Å²) in [5, 5.41) is 5.99. The maximum atomic E-state index is 12.0. The molecule has 1 atom stereocenters.